The summed E-state index contributed by atoms with van der Waals surface area (Å²) in [5.41, 5.74) is 5.39. The summed E-state index contributed by atoms with van der Waals surface area (Å²) >= 11 is 0. The predicted octanol–water partition coefficient (Wildman–Crippen LogP) is 2.32. The van der Waals surface area contributed by atoms with E-state index >= 15 is 0 Å². The van der Waals surface area contributed by atoms with Crippen LogP contribution in [-0.4, -0.2) is 13.2 Å². The van der Waals surface area contributed by atoms with E-state index < -0.39 is 0 Å². The maximum atomic E-state index is 5.43. The molecule has 3 heteroatoms. The zero-order valence-electron chi connectivity index (χ0n) is 8.58. The van der Waals surface area contributed by atoms with Crippen molar-refractivity contribution in [2.24, 2.45) is 5.73 Å². The standard InChI is InChI=1S/C11H19NO2/c12-7-3-1-2-4-8-13-10-11-6-5-9-14-11/h5-6,9H,1-4,7-8,10,12H2. The molecule has 0 amide bonds. The predicted molar refractivity (Wildman–Crippen MR) is 55.9 cm³/mol. The second-order valence-electron chi connectivity index (χ2n) is 3.33. The molecule has 0 bridgehead atoms. The summed E-state index contributed by atoms with van der Waals surface area (Å²) in [4.78, 5) is 0. The second-order valence-corrected chi connectivity index (χ2v) is 3.33. The molecule has 1 heterocycles. The van der Waals surface area contributed by atoms with Crippen LogP contribution in [0.1, 0.15) is 31.4 Å². The molecule has 0 spiro atoms. The van der Waals surface area contributed by atoms with Crippen LogP contribution in [0.15, 0.2) is 22.8 Å². The zero-order valence-corrected chi connectivity index (χ0v) is 8.58. The Bertz CT molecular complexity index is 209. The first-order valence-electron chi connectivity index (χ1n) is 5.23. The SMILES string of the molecule is NCCCCCCOCc1ccco1. The molecule has 80 valence electrons. The molecule has 1 rings (SSSR count). The lowest BCUT2D eigenvalue weighted by Crippen LogP contribution is -1.99. The van der Waals surface area contributed by atoms with Crippen molar-refractivity contribution < 1.29 is 9.15 Å². The van der Waals surface area contributed by atoms with Crippen molar-refractivity contribution in [3.63, 3.8) is 0 Å². The smallest absolute Gasteiger partial charge is 0.129 e. The topological polar surface area (TPSA) is 48.4 Å². The van der Waals surface area contributed by atoms with Crippen molar-refractivity contribution in [1.82, 2.24) is 0 Å². The van der Waals surface area contributed by atoms with Crippen molar-refractivity contribution in [3.8, 4) is 0 Å². The molecular formula is C11H19NO2. The van der Waals surface area contributed by atoms with Gasteiger partial charge in [-0.05, 0) is 31.5 Å². The van der Waals surface area contributed by atoms with E-state index in [4.69, 9.17) is 14.9 Å². The van der Waals surface area contributed by atoms with Gasteiger partial charge < -0.3 is 14.9 Å². The monoisotopic (exact) mass is 197 g/mol. The lowest BCUT2D eigenvalue weighted by molar-refractivity contribution is 0.102. The Kier molecular flexibility index (Phi) is 6.11. The van der Waals surface area contributed by atoms with Crippen LogP contribution < -0.4 is 5.73 Å². The fourth-order valence-electron chi connectivity index (χ4n) is 1.27. The number of nitrogens with two attached hydrogens (primary N) is 1. The van der Waals surface area contributed by atoms with Crippen molar-refractivity contribution in [2.45, 2.75) is 32.3 Å². The fourth-order valence-corrected chi connectivity index (χ4v) is 1.27. The third kappa shape index (κ3) is 5.04. The van der Waals surface area contributed by atoms with E-state index in [0.29, 0.717) is 6.61 Å². The average molecular weight is 197 g/mol. The van der Waals surface area contributed by atoms with Gasteiger partial charge in [0.1, 0.15) is 12.4 Å². The van der Waals surface area contributed by atoms with Gasteiger partial charge in [0.2, 0.25) is 0 Å². The summed E-state index contributed by atoms with van der Waals surface area (Å²) in [5.74, 6) is 0.895. The largest absolute Gasteiger partial charge is 0.467 e. The molecule has 3 nitrogen and oxygen atoms in total. The Balaban J connectivity index is 1.85. The average Bonchev–Trinajstić information content (AvgIpc) is 2.69. The van der Waals surface area contributed by atoms with Crippen molar-refractivity contribution >= 4 is 0 Å². The molecule has 0 aliphatic heterocycles. The van der Waals surface area contributed by atoms with E-state index in [1.807, 2.05) is 12.1 Å². The van der Waals surface area contributed by atoms with Gasteiger partial charge >= 0.3 is 0 Å². The Morgan fingerprint density at radius 3 is 2.79 bits per heavy atom. The normalized spacial score (nSPS) is 10.6. The summed E-state index contributed by atoms with van der Waals surface area (Å²) in [6.45, 7) is 2.20. The van der Waals surface area contributed by atoms with Gasteiger partial charge in [-0.2, -0.15) is 0 Å². The first-order valence-corrected chi connectivity index (χ1v) is 5.23. The number of hydrogen-bond acceptors (Lipinski definition) is 3. The summed E-state index contributed by atoms with van der Waals surface area (Å²) in [6.07, 6.45) is 6.31. The zero-order chi connectivity index (χ0) is 10.1. The van der Waals surface area contributed by atoms with Crippen LogP contribution in [0.2, 0.25) is 0 Å². The highest BCUT2D eigenvalue weighted by molar-refractivity contribution is 4.95. The highest BCUT2D eigenvalue weighted by Gasteiger charge is 1.94. The van der Waals surface area contributed by atoms with E-state index in [2.05, 4.69) is 0 Å². The summed E-state index contributed by atoms with van der Waals surface area (Å²) in [7, 11) is 0. The van der Waals surface area contributed by atoms with E-state index in [9.17, 15) is 0 Å². The van der Waals surface area contributed by atoms with Crippen molar-refractivity contribution in [2.75, 3.05) is 13.2 Å². The van der Waals surface area contributed by atoms with Crippen molar-refractivity contribution in [1.29, 1.82) is 0 Å². The maximum Gasteiger partial charge on any atom is 0.129 e. The Morgan fingerprint density at radius 2 is 2.07 bits per heavy atom. The number of furan rings is 1. The van der Waals surface area contributed by atoms with Crippen LogP contribution in [-0.2, 0) is 11.3 Å². The first kappa shape index (κ1) is 11.3. The molecule has 0 aromatic carbocycles. The first-order chi connectivity index (χ1) is 6.93. The summed E-state index contributed by atoms with van der Waals surface area (Å²) in [5, 5.41) is 0. The molecule has 1 aromatic rings. The number of ether oxygens (including phenoxy) is 1. The molecule has 0 aliphatic rings. The molecule has 0 unspecified atom stereocenters. The summed E-state index contributed by atoms with van der Waals surface area (Å²) in [6, 6.07) is 3.80. The van der Waals surface area contributed by atoms with Crippen LogP contribution in [0.25, 0.3) is 0 Å². The minimum Gasteiger partial charge on any atom is -0.467 e. The van der Waals surface area contributed by atoms with Crippen LogP contribution in [0.4, 0.5) is 0 Å². The van der Waals surface area contributed by atoms with Crippen molar-refractivity contribution in [3.05, 3.63) is 24.2 Å². The fraction of sp³-hybridized carbons (Fsp3) is 0.636. The van der Waals surface area contributed by atoms with Gasteiger partial charge in [-0.3, -0.25) is 0 Å². The minimum absolute atomic E-state index is 0.587. The second kappa shape index (κ2) is 7.59. The van der Waals surface area contributed by atoms with Crippen LogP contribution in [0, 0.1) is 0 Å². The summed E-state index contributed by atoms with van der Waals surface area (Å²) < 4.78 is 10.6. The third-order valence-corrected chi connectivity index (χ3v) is 2.07. The molecular weight excluding hydrogens is 178 g/mol. The molecule has 0 radical (unpaired) electrons. The molecule has 0 saturated heterocycles. The Hall–Kier alpha value is -0.800. The molecule has 0 saturated carbocycles. The lowest BCUT2D eigenvalue weighted by atomic mass is 10.2. The lowest BCUT2D eigenvalue weighted by Gasteiger charge is -2.01. The maximum absolute atomic E-state index is 5.43. The van der Waals surface area contributed by atoms with Crippen LogP contribution in [0.5, 0.6) is 0 Å². The minimum atomic E-state index is 0.587. The van der Waals surface area contributed by atoms with E-state index in [1.165, 1.54) is 12.8 Å². The van der Waals surface area contributed by atoms with E-state index in [0.717, 1.165) is 31.8 Å². The Morgan fingerprint density at radius 1 is 1.21 bits per heavy atom. The molecule has 0 atom stereocenters. The van der Waals surface area contributed by atoms with Gasteiger partial charge in [-0.15, -0.1) is 0 Å². The molecule has 1 aromatic heterocycles. The quantitative estimate of drug-likeness (QED) is 0.650. The van der Waals surface area contributed by atoms with Gasteiger partial charge in [-0.25, -0.2) is 0 Å². The molecule has 2 N–H and O–H groups in total. The van der Waals surface area contributed by atoms with Gasteiger partial charge in [0.05, 0.1) is 6.26 Å². The Labute approximate surface area is 85.2 Å². The number of rotatable bonds is 8. The molecule has 0 fully saturated rings. The highest BCUT2D eigenvalue weighted by atomic mass is 16.5. The third-order valence-electron chi connectivity index (χ3n) is 2.07. The highest BCUT2D eigenvalue weighted by Crippen LogP contribution is 2.03. The van der Waals surface area contributed by atoms with Gasteiger partial charge in [0.15, 0.2) is 0 Å². The van der Waals surface area contributed by atoms with Gasteiger partial charge in [0, 0.05) is 6.61 Å². The number of hydrogen-bond donors (Lipinski definition) is 1. The van der Waals surface area contributed by atoms with Gasteiger partial charge in [-0.1, -0.05) is 12.8 Å². The van der Waals surface area contributed by atoms with Crippen LogP contribution >= 0.6 is 0 Å². The van der Waals surface area contributed by atoms with E-state index in [1.54, 1.807) is 6.26 Å². The number of unbranched alkanes of at least 4 members (excludes halogenated alkanes) is 3. The molecule has 14 heavy (non-hydrogen) atoms. The van der Waals surface area contributed by atoms with Crippen LogP contribution in [0.3, 0.4) is 0 Å². The molecule has 0 aliphatic carbocycles. The van der Waals surface area contributed by atoms with Gasteiger partial charge in [0.25, 0.3) is 0 Å². The van der Waals surface area contributed by atoms with E-state index in [-0.39, 0.29) is 0 Å².